The number of carbonyl (C=O) groups excluding carboxylic acids is 1. The van der Waals surface area contributed by atoms with E-state index in [2.05, 4.69) is 48.3 Å². The number of rotatable bonds is 8. The Morgan fingerprint density at radius 3 is 2.64 bits per heavy atom. The normalized spacial score (nSPS) is 15.8. The van der Waals surface area contributed by atoms with Crippen molar-refractivity contribution in [3.8, 4) is 5.75 Å². The van der Waals surface area contributed by atoms with Gasteiger partial charge < -0.3 is 14.8 Å². The molecule has 2 aromatic rings. The number of hydrogen-bond acceptors (Lipinski definition) is 4. The second kappa shape index (κ2) is 10.2. The molecule has 28 heavy (non-hydrogen) atoms. The number of carbonyl (C=O) groups is 1. The zero-order valence-electron chi connectivity index (χ0n) is 16.8. The van der Waals surface area contributed by atoms with Gasteiger partial charge in [0.2, 0.25) is 0 Å². The summed E-state index contributed by atoms with van der Waals surface area (Å²) in [4.78, 5) is 15.1. The van der Waals surface area contributed by atoms with Crippen LogP contribution in [0.25, 0.3) is 0 Å². The fraction of sp³-hybridized carbons (Fsp3) is 0.435. The van der Waals surface area contributed by atoms with Crippen LogP contribution in [0.4, 0.5) is 0 Å². The third kappa shape index (κ3) is 5.57. The summed E-state index contributed by atoms with van der Waals surface area (Å²) in [6, 6.07) is 16.1. The van der Waals surface area contributed by atoms with Crippen LogP contribution in [-0.2, 0) is 4.74 Å². The van der Waals surface area contributed by atoms with Crippen molar-refractivity contribution in [2.75, 3.05) is 39.5 Å². The van der Waals surface area contributed by atoms with Crippen molar-refractivity contribution in [2.24, 2.45) is 0 Å². The van der Waals surface area contributed by atoms with E-state index in [1.165, 1.54) is 11.1 Å². The highest BCUT2D eigenvalue weighted by molar-refractivity contribution is 5.94. The second-order valence-corrected chi connectivity index (χ2v) is 7.16. The molecule has 0 spiro atoms. The van der Waals surface area contributed by atoms with E-state index in [4.69, 9.17) is 9.47 Å². The van der Waals surface area contributed by atoms with E-state index in [1.54, 1.807) is 6.07 Å². The van der Waals surface area contributed by atoms with Crippen LogP contribution in [0.1, 0.15) is 40.9 Å². The molecule has 1 aliphatic heterocycles. The van der Waals surface area contributed by atoms with Crippen LogP contribution in [0, 0.1) is 6.92 Å². The van der Waals surface area contributed by atoms with Gasteiger partial charge in [-0.05, 0) is 37.1 Å². The van der Waals surface area contributed by atoms with Crippen LogP contribution in [0.5, 0.6) is 5.75 Å². The van der Waals surface area contributed by atoms with E-state index in [0.717, 1.165) is 38.5 Å². The first-order valence-electron chi connectivity index (χ1n) is 10.1. The standard InChI is InChI=1S/C23H30N2O3/c1-3-13-28-21-6-4-5-20(16-21)23(26)24-17-22(25-11-14-27-15-12-25)19-9-7-18(2)8-10-19/h4-10,16,22H,3,11-15,17H2,1-2H3,(H,24,26)/t22-/m0/s1. The molecule has 0 bridgehead atoms. The number of morpholine rings is 1. The van der Waals surface area contributed by atoms with Crippen LogP contribution in [0.3, 0.4) is 0 Å². The van der Waals surface area contributed by atoms with Crippen LogP contribution in [-0.4, -0.2) is 50.3 Å². The molecular formula is C23H30N2O3. The highest BCUT2D eigenvalue weighted by atomic mass is 16.5. The third-order valence-corrected chi connectivity index (χ3v) is 4.97. The molecule has 0 saturated carbocycles. The molecule has 0 radical (unpaired) electrons. The van der Waals surface area contributed by atoms with Gasteiger partial charge in [-0.25, -0.2) is 0 Å². The molecule has 1 heterocycles. The molecule has 1 aliphatic rings. The molecule has 150 valence electrons. The third-order valence-electron chi connectivity index (χ3n) is 4.97. The Morgan fingerprint density at radius 2 is 1.93 bits per heavy atom. The fourth-order valence-electron chi connectivity index (χ4n) is 3.37. The quantitative estimate of drug-likeness (QED) is 0.758. The van der Waals surface area contributed by atoms with Crippen molar-refractivity contribution >= 4 is 5.91 Å². The molecule has 0 aliphatic carbocycles. The minimum atomic E-state index is -0.0766. The number of amides is 1. The van der Waals surface area contributed by atoms with Crippen LogP contribution < -0.4 is 10.1 Å². The number of ether oxygens (including phenoxy) is 2. The van der Waals surface area contributed by atoms with Crippen molar-refractivity contribution < 1.29 is 14.3 Å². The minimum Gasteiger partial charge on any atom is -0.494 e. The molecule has 1 amide bonds. The topological polar surface area (TPSA) is 50.8 Å². The molecule has 0 aromatic heterocycles. The average Bonchev–Trinajstić information content (AvgIpc) is 2.74. The fourth-order valence-corrected chi connectivity index (χ4v) is 3.37. The highest BCUT2D eigenvalue weighted by Crippen LogP contribution is 2.22. The summed E-state index contributed by atoms with van der Waals surface area (Å²) in [5.74, 6) is 0.657. The van der Waals surface area contributed by atoms with Gasteiger partial charge in [0.25, 0.3) is 5.91 Å². The van der Waals surface area contributed by atoms with Gasteiger partial charge in [-0.2, -0.15) is 0 Å². The Balaban J connectivity index is 1.68. The first-order chi connectivity index (χ1) is 13.7. The maximum absolute atomic E-state index is 12.7. The largest absolute Gasteiger partial charge is 0.494 e. The first kappa shape index (κ1) is 20.4. The lowest BCUT2D eigenvalue weighted by Gasteiger charge is -2.35. The molecule has 3 rings (SSSR count). The number of nitrogens with one attached hydrogen (secondary N) is 1. The minimum absolute atomic E-state index is 0.0766. The van der Waals surface area contributed by atoms with E-state index in [1.807, 2.05) is 18.2 Å². The van der Waals surface area contributed by atoms with Gasteiger partial charge >= 0.3 is 0 Å². The summed E-state index contributed by atoms with van der Waals surface area (Å²) < 4.78 is 11.1. The molecular weight excluding hydrogens is 352 g/mol. The van der Waals surface area contributed by atoms with Crippen molar-refractivity contribution in [3.63, 3.8) is 0 Å². The maximum Gasteiger partial charge on any atom is 0.251 e. The smallest absolute Gasteiger partial charge is 0.251 e. The van der Waals surface area contributed by atoms with Crippen molar-refractivity contribution in [1.82, 2.24) is 10.2 Å². The molecule has 1 atom stereocenters. The van der Waals surface area contributed by atoms with Gasteiger partial charge in [0.15, 0.2) is 0 Å². The van der Waals surface area contributed by atoms with Gasteiger partial charge in [0, 0.05) is 25.2 Å². The number of hydrogen-bond donors (Lipinski definition) is 1. The van der Waals surface area contributed by atoms with Crippen LogP contribution >= 0.6 is 0 Å². The SMILES string of the molecule is CCCOc1cccc(C(=O)NC[C@@H](c2ccc(C)cc2)N2CCOCC2)c1. The van der Waals surface area contributed by atoms with E-state index in [-0.39, 0.29) is 11.9 Å². The Morgan fingerprint density at radius 1 is 1.18 bits per heavy atom. The predicted molar refractivity (Wildman–Crippen MR) is 111 cm³/mol. The van der Waals surface area contributed by atoms with Gasteiger partial charge in [0.1, 0.15) is 5.75 Å². The Bertz CT molecular complexity index is 755. The van der Waals surface area contributed by atoms with E-state index in [9.17, 15) is 4.79 Å². The Hall–Kier alpha value is -2.37. The molecule has 5 heteroatoms. The van der Waals surface area contributed by atoms with E-state index < -0.39 is 0 Å². The lowest BCUT2D eigenvalue weighted by atomic mass is 10.0. The summed E-state index contributed by atoms with van der Waals surface area (Å²) in [6.45, 7) is 8.56. The van der Waals surface area contributed by atoms with Gasteiger partial charge in [-0.3, -0.25) is 9.69 Å². The van der Waals surface area contributed by atoms with Crippen LogP contribution in [0.15, 0.2) is 48.5 Å². The number of aryl methyl sites for hydroxylation is 1. The van der Waals surface area contributed by atoms with Crippen molar-refractivity contribution in [3.05, 3.63) is 65.2 Å². The zero-order chi connectivity index (χ0) is 19.8. The van der Waals surface area contributed by atoms with Gasteiger partial charge in [-0.1, -0.05) is 42.8 Å². The van der Waals surface area contributed by atoms with Crippen molar-refractivity contribution in [1.29, 1.82) is 0 Å². The summed E-state index contributed by atoms with van der Waals surface area (Å²) in [5.41, 5.74) is 3.07. The average molecular weight is 383 g/mol. The van der Waals surface area contributed by atoms with Gasteiger partial charge in [-0.15, -0.1) is 0 Å². The zero-order valence-corrected chi connectivity index (χ0v) is 16.8. The number of benzene rings is 2. The number of nitrogens with zero attached hydrogens (tertiary/aromatic N) is 1. The summed E-state index contributed by atoms with van der Waals surface area (Å²) in [5, 5.41) is 3.12. The maximum atomic E-state index is 12.7. The van der Waals surface area contributed by atoms with E-state index in [0.29, 0.717) is 18.7 Å². The highest BCUT2D eigenvalue weighted by Gasteiger charge is 2.23. The molecule has 5 nitrogen and oxygen atoms in total. The Kier molecular flexibility index (Phi) is 7.46. The van der Waals surface area contributed by atoms with Gasteiger partial charge in [0.05, 0.1) is 25.9 Å². The molecule has 1 N–H and O–H groups in total. The lowest BCUT2D eigenvalue weighted by Crippen LogP contribution is -2.43. The molecule has 1 saturated heterocycles. The summed E-state index contributed by atoms with van der Waals surface area (Å²) in [7, 11) is 0. The predicted octanol–water partition coefficient (Wildman–Crippen LogP) is 3.59. The summed E-state index contributed by atoms with van der Waals surface area (Å²) in [6.07, 6.45) is 0.939. The monoisotopic (exact) mass is 382 g/mol. The van der Waals surface area contributed by atoms with E-state index >= 15 is 0 Å². The first-order valence-corrected chi connectivity index (χ1v) is 10.1. The molecule has 2 aromatic carbocycles. The molecule has 1 fully saturated rings. The molecule has 0 unspecified atom stereocenters. The summed E-state index contributed by atoms with van der Waals surface area (Å²) >= 11 is 0. The van der Waals surface area contributed by atoms with Crippen molar-refractivity contribution in [2.45, 2.75) is 26.3 Å². The Labute approximate surface area is 167 Å². The van der Waals surface area contributed by atoms with Crippen LogP contribution in [0.2, 0.25) is 0 Å². The lowest BCUT2D eigenvalue weighted by molar-refractivity contribution is 0.0162. The second-order valence-electron chi connectivity index (χ2n) is 7.16.